The molecule has 0 saturated heterocycles. The maximum absolute atomic E-state index is 11.7. The number of hydrogen-bond acceptors (Lipinski definition) is 2. The maximum Gasteiger partial charge on any atom is 0.319 e. The van der Waals surface area contributed by atoms with Gasteiger partial charge in [0.25, 0.3) is 0 Å². The van der Waals surface area contributed by atoms with Gasteiger partial charge in [-0.05, 0) is 31.0 Å². The summed E-state index contributed by atoms with van der Waals surface area (Å²) in [4.78, 5) is 22.0. The molecule has 0 radical (unpaired) electrons. The summed E-state index contributed by atoms with van der Waals surface area (Å²) >= 11 is 9.29. The minimum Gasteiger partial charge on any atom is -0.481 e. The van der Waals surface area contributed by atoms with Gasteiger partial charge >= 0.3 is 12.0 Å². The molecule has 1 aromatic rings. The third-order valence-electron chi connectivity index (χ3n) is 2.78. The van der Waals surface area contributed by atoms with Gasteiger partial charge in [-0.1, -0.05) is 40.4 Å². The topological polar surface area (TPSA) is 78.4 Å². The average molecular weight is 378 g/mol. The van der Waals surface area contributed by atoms with Gasteiger partial charge in [-0.15, -0.1) is 0 Å². The lowest BCUT2D eigenvalue weighted by atomic mass is 10.1. The second kappa shape index (κ2) is 9.63. The Hall–Kier alpha value is -1.27. The Kier molecular flexibility index (Phi) is 8.15. The number of urea groups is 1. The molecule has 0 aliphatic carbocycles. The van der Waals surface area contributed by atoms with E-state index in [0.717, 1.165) is 23.7 Å². The predicted molar refractivity (Wildman–Crippen MR) is 86.9 cm³/mol. The van der Waals surface area contributed by atoms with Crippen molar-refractivity contribution < 1.29 is 14.7 Å². The summed E-state index contributed by atoms with van der Waals surface area (Å²) in [5.74, 6) is -0.765. The van der Waals surface area contributed by atoms with Crippen LogP contribution in [0.3, 0.4) is 0 Å². The van der Waals surface area contributed by atoms with Crippen LogP contribution in [0, 0.1) is 0 Å². The Morgan fingerprint density at radius 1 is 1.19 bits per heavy atom. The van der Waals surface area contributed by atoms with E-state index in [1.807, 2.05) is 0 Å². The lowest BCUT2D eigenvalue weighted by molar-refractivity contribution is -0.137. The second-order valence-electron chi connectivity index (χ2n) is 4.56. The Morgan fingerprint density at radius 2 is 1.90 bits per heavy atom. The first-order valence-electron chi connectivity index (χ1n) is 6.70. The van der Waals surface area contributed by atoms with Gasteiger partial charge in [-0.2, -0.15) is 0 Å². The molecule has 116 valence electrons. The molecule has 0 fully saturated rings. The number of carboxylic acid groups (broad SMARTS) is 1. The molecule has 0 aliphatic rings. The summed E-state index contributed by atoms with van der Waals surface area (Å²) < 4.78 is 0.834. The standard InChI is InChI=1S/C14H18BrClN2O3/c15-10-6-7-11(16)12(9-10)18-14(21)17-8-4-2-1-3-5-13(19)20/h6-7,9H,1-5,8H2,(H,19,20)(H2,17,18,21). The smallest absolute Gasteiger partial charge is 0.319 e. The third kappa shape index (κ3) is 7.92. The van der Waals surface area contributed by atoms with Gasteiger partial charge in [0.05, 0.1) is 10.7 Å². The molecule has 1 aromatic carbocycles. The largest absolute Gasteiger partial charge is 0.481 e. The van der Waals surface area contributed by atoms with E-state index in [-0.39, 0.29) is 12.5 Å². The van der Waals surface area contributed by atoms with Crippen LogP contribution < -0.4 is 10.6 Å². The van der Waals surface area contributed by atoms with Gasteiger partial charge in [0, 0.05) is 17.4 Å². The molecule has 0 aromatic heterocycles. The van der Waals surface area contributed by atoms with Crippen LogP contribution in [0.1, 0.15) is 32.1 Å². The van der Waals surface area contributed by atoms with Crippen LogP contribution in [0.5, 0.6) is 0 Å². The predicted octanol–water partition coefficient (Wildman–Crippen LogP) is 4.26. The van der Waals surface area contributed by atoms with Crippen molar-refractivity contribution in [2.45, 2.75) is 32.1 Å². The van der Waals surface area contributed by atoms with Crippen molar-refractivity contribution in [3.05, 3.63) is 27.7 Å². The van der Waals surface area contributed by atoms with E-state index in [2.05, 4.69) is 26.6 Å². The highest BCUT2D eigenvalue weighted by Crippen LogP contribution is 2.25. The Balaban J connectivity index is 2.17. The van der Waals surface area contributed by atoms with Crippen LogP contribution in [0.4, 0.5) is 10.5 Å². The quantitative estimate of drug-likeness (QED) is 0.592. The molecule has 5 nitrogen and oxygen atoms in total. The van der Waals surface area contributed by atoms with Gasteiger partial charge in [-0.25, -0.2) is 4.79 Å². The second-order valence-corrected chi connectivity index (χ2v) is 5.89. The highest BCUT2D eigenvalue weighted by atomic mass is 79.9. The lowest BCUT2D eigenvalue weighted by Crippen LogP contribution is -2.29. The number of anilines is 1. The first-order chi connectivity index (χ1) is 9.99. The number of amides is 2. The normalized spacial score (nSPS) is 10.2. The first kappa shape index (κ1) is 17.8. The van der Waals surface area contributed by atoms with Crippen LogP contribution in [0.2, 0.25) is 5.02 Å². The van der Waals surface area contributed by atoms with E-state index in [0.29, 0.717) is 23.7 Å². The Morgan fingerprint density at radius 3 is 2.62 bits per heavy atom. The van der Waals surface area contributed by atoms with E-state index in [9.17, 15) is 9.59 Å². The number of carbonyl (C=O) groups is 2. The van der Waals surface area contributed by atoms with Gasteiger partial charge in [0.15, 0.2) is 0 Å². The molecule has 1 rings (SSSR count). The monoisotopic (exact) mass is 376 g/mol. The zero-order chi connectivity index (χ0) is 15.7. The number of carbonyl (C=O) groups excluding carboxylic acids is 1. The number of unbranched alkanes of at least 4 members (excludes halogenated alkanes) is 3. The summed E-state index contributed by atoms with van der Waals surface area (Å²) in [6.45, 7) is 0.546. The van der Waals surface area contributed by atoms with Crippen LogP contribution in [0.25, 0.3) is 0 Å². The van der Waals surface area contributed by atoms with Crippen molar-refractivity contribution in [2.75, 3.05) is 11.9 Å². The van der Waals surface area contributed by atoms with Gasteiger partial charge in [-0.3, -0.25) is 4.79 Å². The zero-order valence-corrected chi connectivity index (χ0v) is 13.8. The van der Waals surface area contributed by atoms with Gasteiger partial charge in [0.2, 0.25) is 0 Å². The third-order valence-corrected chi connectivity index (χ3v) is 3.60. The fourth-order valence-corrected chi connectivity index (χ4v) is 2.24. The summed E-state index contributed by atoms with van der Waals surface area (Å²) in [5, 5.41) is 14.4. The lowest BCUT2D eigenvalue weighted by Gasteiger charge is -2.09. The molecule has 0 saturated carbocycles. The number of benzene rings is 1. The molecule has 0 bridgehead atoms. The number of rotatable bonds is 8. The minimum atomic E-state index is -0.765. The molecular formula is C14H18BrClN2O3. The molecule has 0 spiro atoms. The van der Waals surface area contributed by atoms with Crippen LogP contribution in [0.15, 0.2) is 22.7 Å². The van der Waals surface area contributed by atoms with Crippen LogP contribution >= 0.6 is 27.5 Å². The minimum absolute atomic E-state index is 0.204. The molecular weight excluding hydrogens is 360 g/mol. The molecule has 0 unspecified atom stereocenters. The SMILES string of the molecule is O=C(O)CCCCCCNC(=O)Nc1cc(Br)ccc1Cl. The first-order valence-corrected chi connectivity index (χ1v) is 7.88. The van der Waals surface area contributed by atoms with Crippen molar-refractivity contribution in [3.8, 4) is 0 Å². The van der Waals surface area contributed by atoms with E-state index < -0.39 is 5.97 Å². The van der Waals surface area contributed by atoms with E-state index in [4.69, 9.17) is 16.7 Å². The molecule has 7 heteroatoms. The summed E-state index contributed by atoms with van der Waals surface area (Å²) in [5.41, 5.74) is 0.546. The van der Waals surface area contributed by atoms with Gasteiger partial charge < -0.3 is 15.7 Å². The van der Waals surface area contributed by atoms with E-state index >= 15 is 0 Å². The maximum atomic E-state index is 11.7. The fraction of sp³-hybridized carbons (Fsp3) is 0.429. The highest BCUT2D eigenvalue weighted by molar-refractivity contribution is 9.10. The molecule has 0 aliphatic heterocycles. The number of nitrogens with one attached hydrogen (secondary N) is 2. The Labute approximate surface area is 137 Å². The zero-order valence-electron chi connectivity index (χ0n) is 11.5. The number of hydrogen-bond donors (Lipinski definition) is 3. The highest BCUT2D eigenvalue weighted by Gasteiger charge is 2.05. The molecule has 2 amide bonds. The van der Waals surface area contributed by atoms with E-state index in [1.54, 1.807) is 18.2 Å². The van der Waals surface area contributed by atoms with E-state index in [1.165, 1.54) is 0 Å². The fourth-order valence-electron chi connectivity index (χ4n) is 1.72. The van der Waals surface area contributed by atoms with Crippen LogP contribution in [-0.2, 0) is 4.79 Å². The summed E-state index contributed by atoms with van der Waals surface area (Å²) in [7, 11) is 0. The number of halogens is 2. The van der Waals surface area contributed by atoms with Crippen molar-refractivity contribution in [1.82, 2.24) is 5.32 Å². The number of aliphatic carboxylic acids is 1. The summed E-state index contributed by atoms with van der Waals surface area (Å²) in [6.07, 6.45) is 3.45. The molecule has 21 heavy (non-hydrogen) atoms. The van der Waals surface area contributed by atoms with Gasteiger partial charge in [0.1, 0.15) is 0 Å². The van der Waals surface area contributed by atoms with Crippen LogP contribution in [-0.4, -0.2) is 23.7 Å². The van der Waals surface area contributed by atoms with Crippen molar-refractivity contribution in [3.63, 3.8) is 0 Å². The Bertz CT molecular complexity index is 497. The summed E-state index contributed by atoms with van der Waals surface area (Å²) in [6, 6.07) is 4.92. The number of carboxylic acids is 1. The van der Waals surface area contributed by atoms with Crippen molar-refractivity contribution in [2.24, 2.45) is 0 Å². The molecule has 3 N–H and O–H groups in total. The van der Waals surface area contributed by atoms with Crippen molar-refractivity contribution in [1.29, 1.82) is 0 Å². The van der Waals surface area contributed by atoms with Crippen molar-refractivity contribution >= 4 is 45.2 Å². The average Bonchev–Trinajstić information content (AvgIpc) is 2.41. The molecule has 0 heterocycles. The molecule has 0 atom stereocenters.